The van der Waals surface area contributed by atoms with E-state index in [-0.39, 0.29) is 24.5 Å². The number of urea groups is 1. The molecular weight excluding hydrogens is 478 g/mol. The van der Waals surface area contributed by atoms with Gasteiger partial charge in [-0.1, -0.05) is 44.2 Å². The van der Waals surface area contributed by atoms with E-state index in [1.165, 1.54) is 0 Å². The SMILES string of the molecule is CC.CC(C)(C)OC(=O)NCC1(C(=O)NNC=O)CC1.O=C1N2CCCC(C2)N1OCc1ccccc1. The largest absolute Gasteiger partial charge is 0.444 e. The van der Waals surface area contributed by atoms with Crippen LogP contribution in [0.5, 0.6) is 0 Å². The number of benzene rings is 1. The van der Waals surface area contributed by atoms with Gasteiger partial charge in [-0.05, 0) is 52.0 Å². The van der Waals surface area contributed by atoms with Gasteiger partial charge in [0.2, 0.25) is 12.3 Å². The Balaban J connectivity index is 0.000000244. The van der Waals surface area contributed by atoms with Crippen molar-refractivity contribution in [2.45, 2.75) is 78.6 Å². The molecule has 4 rings (SSSR count). The predicted molar refractivity (Wildman–Crippen MR) is 138 cm³/mol. The lowest BCUT2D eigenvalue weighted by Crippen LogP contribution is -2.46. The Bertz CT molecular complexity index is 900. The maximum Gasteiger partial charge on any atom is 0.407 e. The van der Waals surface area contributed by atoms with Crippen LogP contribution in [0, 0.1) is 5.41 Å². The van der Waals surface area contributed by atoms with Crippen molar-refractivity contribution in [3.8, 4) is 0 Å². The second-order valence-corrected chi connectivity index (χ2v) is 9.96. The molecule has 1 aromatic carbocycles. The fraction of sp³-hybridized carbons (Fsp3) is 0.615. The monoisotopic (exact) mass is 519 g/mol. The van der Waals surface area contributed by atoms with Crippen molar-refractivity contribution < 1.29 is 28.8 Å². The molecule has 1 aliphatic carbocycles. The maximum atomic E-state index is 11.9. The van der Waals surface area contributed by atoms with Gasteiger partial charge in [-0.2, -0.15) is 5.06 Å². The second-order valence-electron chi connectivity index (χ2n) is 9.96. The third-order valence-corrected chi connectivity index (χ3v) is 5.95. The number of alkyl carbamates (subject to hydrolysis) is 1. The van der Waals surface area contributed by atoms with Crippen molar-refractivity contribution in [2.75, 3.05) is 19.6 Å². The molecule has 2 saturated heterocycles. The highest BCUT2D eigenvalue weighted by Crippen LogP contribution is 2.45. The number of ether oxygens (including phenoxy) is 1. The van der Waals surface area contributed by atoms with Crippen LogP contribution in [0.1, 0.15) is 65.9 Å². The quantitative estimate of drug-likeness (QED) is 0.358. The van der Waals surface area contributed by atoms with E-state index < -0.39 is 17.1 Å². The Morgan fingerprint density at radius 1 is 1.16 bits per heavy atom. The molecule has 0 spiro atoms. The van der Waals surface area contributed by atoms with Gasteiger partial charge in [-0.3, -0.25) is 25.3 Å². The molecule has 37 heavy (non-hydrogen) atoms. The average Bonchev–Trinajstić information content (AvgIpc) is 3.65. The van der Waals surface area contributed by atoms with Crippen molar-refractivity contribution in [2.24, 2.45) is 5.41 Å². The molecule has 206 valence electrons. The van der Waals surface area contributed by atoms with Crippen LogP contribution in [0.4, 0.5) is 9.59 Å². The molecule has 0 aromatic heterocycles. The number of hydrogen-bond acceptors (Lipinski definition) is 6. The Morgan fingerprint density at radius 2 is 1.84 bits per heavy atom. The van der Waals surface area contributed by atoms with Crippen molar-refractivity contribution in [1.29, 1.82) is 0 Å². The van der Waals surface area contributed by atoms with Gasteiger partial charge in [0.15, 0.2) is 0 Å². The van der Waals surface area contributed by atoms with Crippen LogP contribution in [0.3, 0.4) is 0 Å². The van der Waals surface area contributed by atoms with Crippen LogP contribution in [0.15, 0.2) is 30.3 Å². The first-order valence-electron chi connectivity index (χ1n) is 12.8. The van der Waals surface area contributed by atoms with Gasteiger partial charge in [0.25, 0.3) is 0 Å². The summed E-state index contributed by atoms with van der Waals surface area (Å²) in [4.78, 5) is 52.6. The Morgan fingerprint density at radius 3 is 2.41 bits per heavy atom. The van der Waals surface area contributed by atoms with Gasteiger partial charge >= 0.3 is 12.1 Å². The highest BCUT2D eigenvalue weighted by Gasteiger charge is 2.50. The highest BCUT2D eigenvalue weighted by molar-refractivity contribution is 5.86. The Kier molecular flexibility index (Phi) is 11.2. The lowest BCUT2D eigenvalue weighted by Gasteiger charge is -2.22. The average molecular weight is 520 g/mol. The van der Waals surface area contributed by atoms with Gasteiger partial charge < -0.3 is 15.0 Å². The van der Waals surface area contributed by atoms with E-state index in [2.05, 4.69) is 16.2 Å². The van der Waals surface area contributed by atoms with Gasteiger partial charge in [0.1, 0.15) is 12.2 Å². The van der Waals surface area contributed by atoms with Gasteiger partial charge in [-0.25, -0.2) is 9.59 Å². The van der Waals surface area contributed by atoms with E-state index in [0.717, 1.165) is 31.5 Å². The molecule has 1 aromatic rings. The molecule has 11 heteroatoms. The highest BCUT2D eigenvalue weighted by atomic mass is 16.7. The van der Waals surface area contributed by atoms with Crippen LogP contribution in [-0.2, 0) is 25.8 Å². The summed E-state index contributed by atoms with van der Waals surface area (Å²) >= 11 is 0. The molecule has 3 N–H and O–H groups in total. The lowest BCUT2D eigenvalue weighted by molar-refractivity contribution is -0.140. The summed E-state index contributed by atoms with van der Waals surface area (Å²) < 4.78 is 5.07. The van der Waals surface area contributed by atoms with Crippen molar-refractivity contribution in [1.82, 2.24) is 26.1 Å². The number of fused-ring (bicyclic) bond motifs is 2. The minimum atomic E-state index is -0.618. The number of nitrogens with zero attached hydrogens (tertiary/aromatic N) is 2. The third-order valence-electron chi connectivity index (χ3n) is 5.95. The van der Waals surface area contributed by atoms with Crippen molar-refractivity contribution >= 4 is 24.4 Å². The number of hydroxylamine groups is 2. The van der Waals surface area contributed by atoms with E-state index in [1.807, 2.05) is 49.1 Å². The zero-order valence-electron chi connectivity index (χ0n) is 22.5. The molecule has 2 aliphatic heterocycles. The van der Waals surface area contributed by atoms with E-state index >= 15 is 0 Å². The molecule has 5 amide bonds. The molecular formula is C26H41N5O6. The minimum Gasteiger partial charge on any atom is -0.444 e. The molecule has 0 radical (unpaired) electrons. The topological polar surface area (TPSA) is 129 Å². The number of piperidine rings is 1. The first-order chi connectivity index (χ1) is 17.6. The number of hydrazine groups is 1. The number of carbonyl (C=O) groups excluding carboxylic acids is 4. The first-order valence-corrected chi connectivity index (χ1v) is 12.8. The normalized spacial score (nSPS) is 18.8. The number of amides is 5. The summed E-state index contributed by atoms with van der Waals surface area (Å²) in [6.45, 7) is 11.7. The molecule has 2 bridgehead atoms. The van der Waals surface area contributed by atoms with Crippen molar-refractivity contribution in [3.63, 3.8) is 0 Å². The Hall–Kier alpha value is -3.34. The van der Waals surface area contributed by atoms with Crippen LogP contribution >= 0.6 is 0 Å². The van der Waals surface area contributed by atoms with Gasteiger partial charge in [0.05, 0.1) is 11.5 Å². The fourth-order valence-electron chi connectivity index (χ4n) is 3.91. The number of carbonyl (C=O) groups is 4. The molecule has 3 fully saturated rings. The van der Waals surface area contributed by atoms with Crippen LogP contribution < -0.4 is 16.2 Å². The molecule has 11 nitrogen and oxygen atoms in total. The molecule has 3 aliphatic rings. The van der Waals surface area contributed by atoms with Gasteiger partial charge in [0, 0.05) is 19.6 Å². The van der Waals surface area contributed by atoms with E-state index in [1.54, 1.807) is 25.8 Å². The van der Waals surface area contributed by atoms with Crippen LogP contribution in [-0.4, -0.2) is 65.7 Å². The number of rotatable bonds is 8. The molecule has 2 heterocycles. The van der Waals surface area contributed by atoms with Gasteiger partial charge in [-0.15, -0.1) is 0 Å². The second kappa shape index (κ2) is 13.8. The standard InChI is InChI=1S/C13H16N2O2.C11H19N3O4.C2H6/c16-13-14-8-4-7-12(9-14)15(13)17-10-11-5-2-1-3-6-11;1-10(2,3)18-9(17)12-6-11(4-5-11)8(16)14-13-7-15;1-2/h1-3,5-6,12H,4,7-10H2;7H,4-6H2,1-3H3,(H,12,17)(H,13,15)(H,14,16);1-2H3. The lowest BCUT2D eigenvalue weighted by atomic mass is 10.1. The summed E-state index contributed by atoms with van der Waals surface area (Å²) in [5, 5.41) is 4.13. The maximum absolute atomic E-state index is 11.9. The number of hydrogen-bond donors (Lipinski definition) is 3. The smallest absolute Gasteiger partial charge is 0.407 e. The summed E-state index contributed by atoms with van der Waals surface area (Å²) in [7, 11) is 0. The molecule has 1 atom stereocenters. The summed E-state index contributed by atoms with van der Waals surface area (Å²) in [6.07, 6.45) is 3.32. The zero-order valence-corrected chi connectivity index (χ0v) is 22.5. The summed E-state index contributed by atoms with van der Waals surface area (Å²) in [5.74, 6) is -0.300. The molecule has 1 unspecified atom stereocenters. The van der Waals surface area contributed by atoms with Crippen molar-refractivity contribution in [3.05, 3.63) is 35.9 Å². The molecule has 1 saturated carbocycles. The first kappa shape index (κ1) is 29.9. The summed E-state index contributed by atoms with van der Waals surface area (Å²) in [5.41, 5.74) is 4.26. The third kappa shape index (κ3) is 9.23. The zero-order chi connectivity index (χ0) is 27.5. The van der Waals surface area contributed by atoms with Crippen LogP contribution in [0.2, 0.25) is 0 Å². The predicted octanol–water partition coefficient (Wildman–Crippen LogP) is 3.11. The fourth-order valence-corrected chi connectivity index (χ4v) is 3.91. The number of nitrogens with one attached hydrogen (secondary N) is 3. The van der Waals surface area contributed by atoms with E-state index in [0.29, 0.717) is 25.9 Å². The minimum absolute atomic E-state index is 0.0310. The summed E-state index contributed by atoms with van der Waals surface area (Å²) in [6, 6.07) is 10.2. The van der Waals surface area contributed by atoms with Crippen LogP contribution in [0.25, 0.3) is 0 Å². The Labute approximate surface area is 219 Å². The van der Waals surface area contributed by atoms with E-state index in [9.17, 15) is 19.2 Å². The van der Waals surface area contributed by atoms with E-state index in [4.69, 9.17) is 9.57 Å².